The van der Waals surface area contributed by atoms with Crippen LogP contribution < -0.4 is 15.4 Å². The highest BCUT2D eigenvalue weighted by Crippen LogP contribution is 2.23. The Bertz CT molecular complexity index is 1090. The number of hydrogen-bond donors (Lipinski definition) is 2. The van der Waals surface area contributed by atoms with E-state index in [-0.39, 0.29) is 5.82 Å². The fourth-order valence-electron chi connectivity index (χ4n) is 4.40. The minimum absolute atomic E-state index is 0.217. The van der Waals surface area contributed by atoms with Gasteiger partial charge in [0.25, 0.3) is 0 Å². The summed E-state index contributed by atoms with van der Waals surface area (Å²) in [4.78, 5) is 7.50. The number of ether oxygens (including phenoxy) is 1. The largest absolute Gasteiger partial charge is 0.497 e. The third-order valence-electron chi connectivity index (χ3n) is 6.45. The van der Waals surface area contributed by atoms with Gasteiger partial charge in [-0.3, -0.25) is 4.99 Å². The van der Waals surface area contributed by atoms with Crippen LogP contribution in [0.3, 0.4) is 0 Å². The van der Waals surface area contributed by atoms with Crippen molar-refractivity contribution in [2.24, 2.45) is 4.99 Å². The number of hydrogen-bond acceptors (Lipinski definition) is 4. The molecule has 1 heterocycles. The first kappa shape index (κ1) is 24.7. The molecule has 1 saturated heterocycles. The van der Waals surface area contributed by atoms with E-state index in [1.54, 1.807) is 19.2 Å². The van der Waals surface area contributed by atoms with E-state index in [1.807, 2.05) is 43.3 Å². The molecule has 3 aromatic rings. The van der Waals surface area contributed by atoms with E-state index in [0.717, 1.165) is 67.4 Å². The van der Waals surface area contributed by atoms with E-state index in [9.17, 15) is 4.39 Å². The van der Waals surface area contributed by atoms with Gasteiger partial charge in [0.15, 0.2) is 0 Å². The fraction of sp³-hybridized carbons (Fsp3) is 0.345. The molecule has 4 rings (SSSR count). The lowest BCUT2D eigenvalue weighted by Crippen LogP contribution is -2.37. The molecule has 0 unspecified atom stereocenters. The summed E-state index contributed by atoms with van der Waals surface area (Å²) in [6.45, 7) is 5.89. The van der Waals surface area contributed by atoms with Crippen LogP contribution in [-0.2, 0) is 13.0 Å². The first-order valence-corrected chi connectivity index (χ1v) is 12.3. The Morgan fingerprint density at radius 3 is 2.29 bits per heavy atom. The molecule has 2 N–H and O–H groups in total. The Labute approximate surface area is 208 Å². The molecule has 0 amide bonds. The molecule has 5 nitrogen and oxygen atoms in total. The number of anilines is 2. The highest BCUT2D eigenvalue weighted by atomic mass is 19.1. The minimum Gasteiger partial charge on any atom is -0.497 e. The molecule has 0 radical (unpaired) electrons. The third kappa shape index (κ3) is 7.55. The van der Waals surface area contributed by atoms with E-state index in [0.29, 0.717) is 12.6 Å². The zero-order valence-electron chi connectivity index (χ0n) is 20.6. The van der Waals surface area contributed by atoms with Crippen molar-refractivity contribution in [2.45, 2.75) is 38.8 Å². The minimum atomic E-state index is -0.217. The summed E-state index contributed by atoms with van der Waals surface area (Å²) in [6, 6.07) is 23.4. The number of likely N-dealkylation sites (tertiary alicyclic amines) is 1. The van der Waals surface area contributed by atoms with E-state index < -0.39 is 0 Å². The molecule has 3 aromatic carbocycles. The molecule has 0 atom stereocenters. The molecule has 0 aliphatic carbocycles. The summed E-state index contributed by atoms with van der Waals surface area (Å²) in [7, 11) is 1.70. The number of piperidine rings is 1. The molecule has 184 valence electrons. The van der Waals surface area contributed by atoms with Gasteiger partial charge in [-0.05, 0) is 73.7 Å². The SMILES string of the molecule is COc1ccc(CCN2CCC(N=C(C)Nc3ccccc3NCc3ccc(F)cc3)CC2)cc1. The van der Waals surface area contributed by atoms with Gasteiger partial charge in [-0.25, -0.2) is 4.39 Å². The summed E-state index contributed by atoms with van der Waals surface area (Å²) in [5, 5.41) is 6.92. The molecule has 0 bridgehead atoms. The van der Waals surface area contributed by atoms with Crippen molar-refractivity contribution in [3.05, 3.63) is 89.7 Å². The first-order valence-electron chi connectivity index (χ1n) is 12.3. The van der Waals surface area contributed by atoms with Gasteiger partial charge in [0, 0.05) is 26.2 Å². The molecule has 0 saturated carbocycles. The lowest BCUT2D eigenvalue weighted by molar-refractivity contribution is 0.216. The average molecular weight is 475 g/mol. The number of amidine groups is 1. The quantitative estimate of drug-likeness (QED) is 0.296. The predicted octanol–water partition coefficient (Wildman–Crippen LogP) is 5.98. The van der Waals surface area contributed by atoms with Crippen LogP contribution in [0.4, 0.5) is 15.8 Å². The van der Waals surface area contributed by atoms with E-state index in [2.05, 4.69) is 27.7 Å². The molecule has 1 aliphatic rings. The van der Waals surface area contributed by atoms with Gasteiger partial charge >= 0.3 is 0 Å². The van der Waals surface area contributed by atoms with Gasteiger partial charge < -0.3 is 20.3 Å². The van der Waals surface area contributed by atoms with Gasteiger partial charge in [0.1, 0.15) is 11.6 Å². The van der Waals surface area contributed by atoms with Gasteiger partial charge in [0.2, 0.25) is 0 Å². The topological polar surface area (TPSA) is 48.9 Å². The zero-order chi connectivity index (χ0) is 24.5. The normalized spacial score (nSPS) is 15.1. The first-order chi connectivity index (χ1) is 17.1. The number of nitrogens with one attached hydrogen (secondary N) is 2. The number of para-hydroxylation sites is 2. The summed E-state index contributed by atoms with van der Waals surface area (Å²) in [5.41, 5.74) is 4.37. The van der Waals surface area contributed by atoms with E-state index in [4.69, 9.17) is 9.73 Å². The molecule has 35 heavy (non-hydrogen) atoms. The number of halogens is 1. The fourth-order valence-corrected chi connectivity index (χ4v) is 4.40. The predicted molar refractivity (Wildman–Crippen MR) is 143 cm³/mol. The Morgan fingerprint density at radius 1 is 0.943 bits per heavy atom. The van der Waals surface area contributed by atoms with Crippen LogP contribution in [0.2, 0.25) is 0 Å². The maximum absolute atomic E-state index is 13.2. The van der Waals surface area contributed by atoms with Crippen molar-refractivity contribution >= 4 is 17.2 Å². The third-order valence-corrected chi connectivity index (χ3v) is 6.45. The number of aliphatic imine (C=N–C) groups is 1. The average Bonchev–Trinajstić information content (AvgIpc) is 2.89. The zero-order valence-corrected chi connectivity index (χ0v) is 20.6. The number of rotatable bonds is 9. The molecule has 0 aromatic heterocycles. The van der Waals surface area contributed by atoms with E-state index in [1.165, 1.54) is 17.7 Å². The second-order valence-corrected chi connectivity index (χ2v) is 9.04. The number of benzene rings is 3. The standard InChI is InChI=1S/C29H35FN4O/c1-22(33-29-6-4-3-5-28(29)31-21-24-7-11-25(30)12-8-24)32-26-16-19-34(20-17-26)18-15-23-9-13-27(35-2)14-10-23/h3-14,26,31H,15-21H2,1-2H3,(H,32,33). The molecular formula is C29H35FN4O. The van der Waals surface area contributed by atoms with Gasteiger partial charge in [-0.1, -0.05) is 36.4 Å². The van der Waals surface area contributed by atoms with Crippen LogP contribution in [0.5, 0.6) is 5.75 Å². The maximum atomic E-state index is 13.2. The molecule has 1 aliphatic heterocycles. The maximum Gasteiger partial charge on any atom is 0.123 e. The van der Waals surface area contributed by atoms with Gasteiger partial charge in [-0.15, -0.1) is 0 Å². The van der Waals surface area contributed by atoms with Crippen LogP contribution in [0.25, 0.3) is 0 Å². The van der Waals surface area contributed by atoms with Crippen LogP contribution in [-0.4, -0.2) is 43.5 Å². The number of nitrogens with zero attached hydrogens (tertiary/aromatic N) is 2. The lowest BCUT2D eigenvalue weighted by Gasteiger charge is -2.30. The Hall–Kier alpha value is -3.38. The summed E-state index contributed by atoms with van der Waals surface area (Å²) < 4.78 is 18.4. The Balaban J connectivity index is 1.24. The van der Waals surface area contributed by atoms with E-state index >= 15 is 0 Å². The highest BCUT2D eigenvalue weighted by Gasteiger charge is 2.18. The van der Waals surface area contributed by atoms with Crippen molar-refractivity contribution in [1.29, 1.82) is 0 Å². The Kier molecular flexibility index (Phi) is 8.74. The number of methoxy groups -OCH3 is 1. The second kappa shape index (κ2) is 12.4. The summed E-state index contributed by atoms with van der Waals surface area (Å²) in [6.07, 6.45) is 3.21. The van der Waals surface area contributed by atoms with Crippen molar-refractivity contribution in [1.82, 2.24) is 4.90 Å². The summed E-state index contributed by atoms with van der Waals surface area (Å²) in [5.74, 6) is 1.62. The van der Waals surface area contributed by atoms with Gasteiger partial charge in [-0.2, -0.15) is 0 Å². The van der Waals surface area contributed by atoms with Crippen LogP contribution in [0, 0.1) is 5.82 Å². The van der Waals surface area contributed by atoms with Crippen LogP contribution in [0.1, 0.15) is 30.9 Å². The highest BCUT2D eigenvalue weighted by molar-refractivity contribution is 5.96. The Morgan fingerprint density at radius 2 is 1.60 bits per heavy atom. The second-order valence-electron chi connectivity index (χ2n) is 9.04. The molecule has 6 heteroatoms. The molecule has 1 fully saturated rings. The lowest BCUT2D eigenvalue weighted by atomic mass is 10.0. The monoisotopic (exact) mass is 474 g/mol. The van der Waals surface area contributed by atoms with Crippen molar-refractivity contribution in [3.8, 4) is 5.75 Å². The van der Waals surface area contributed by atoms with Crippen molar-refractivity contribution in [3.63, 3.8) is 0 Å². The van der Waals surface area contributed by atoms with Gasteiger partial charge in [0.05, 0.1) is 30.4 Å². The van der Waals surface area contributed by atoms with Crippen LogP contribution >= 0.6 is 0 Å². The molecule has 0 spiro atoms. The van der Waals surface area contributed by atoms with Crippen LogP contribution in [0.15, 0.2) is 77.8 Å². The van der Waals surface area contributed by atoms with Crippen molar-refractivity contribution < 1.29 is 9.13 Å². The smallest absolute Gasteiger partial charge is 0.123 e. The summed E-state index contributed by atoms with van der Waals surface area (Å²) >= 11 is 0. The molecular weight excluding hydrogens is 439 g/mol. The van der Waals surface area contributed by atoms with Crippen molar-refractivity contribution in [2.75, 3.05) is 37.4 Å².